The monoisotopic (exact) mass is 324 g/mol. The molecule has 5 nitrogen and oxygen atoms in total. The van der Waals surface area contributed by atoms with Crippen molar-refractivity contribution in [2.24, 2.45) is 0 Å². The Balaban J connectivity index is 1.76. The standard InChI is InChI=1S/C16H25N2O3P/c1-3-20-22(19,21-4-2)12-11-17-10-9-14-13-18-16-8-6-5-7-15(14)16/h5-8,13,17-18H,3-4,9-12H2,1-2H3. The number of para-hydroxylation sites is 1. The summed E-state index contributed by atoms with van der Waals surface area (Å²) in [7, 11) is -2.93. The van der Waals surface area contributed by atoms with Crippen LogP contribution in [0.3, 0.4) is 0 Å². The molecule has 122 valence electrons. The molecule has 0 aliphatic heterocycles. The van der Waals surface area contributed by atoms with E-state index in [4.69, 9.17) is 9.05 Å². The van der Waals surface area contributed by atoms with Gasteiger partial charge in [-0.05, 0) is 38.4 Å². The van der Waals surface area contributed by atoms with Gasteiger partial charge in [-0.2, -0.15) is 0 Å². The Morgan fingerprint density at radius 1 is 1.14 bits per heavy atom. The van der Waals surface area contributed by atoms with Gasteiger partial charge in [-0.15, -0.1) is 0 Å². The Labute approximate surface area is 131 Å². The molecule has 0 atom stereocenters. The summed E-state index contributed by atoms with van der Waals surface area (Å²) < 4.78 is 22.8. The number of aromatic amines is 1. The van der Waals surface area contributed by atoms with Crippen LogP contribution < -0.4 is 5.32 Å². The molecular formula is C16H25N2O3P. The topological polar surface area (TPSA) is 63.3 Å². The number of hydrogen-bond donors (Lipinski definition) is 2. The molecule has 0 aliphatic carbocycles. The van der Waals surface area contributed by atoms with Crippen LogP contribution in [-0.2, 0) is 20.0 Å². The van der Waals surface area contributed by atoms with Gasteiger partial charge in [0.05, 0.1) is 19.4 Å². The van der Waals surface area contributed by atoms with Crippen molar-refractivity contribution in [1.82, 2.24) is 10.3 Å². The number of benzene rings is 1. The van der Waals surface area contributed by atoms with Gasteiger partial charge in [-0.25, -0.2) is 0 Å². The Kier molecular flexibility index (Phi) is 6.65. The summed E-state index contributed by atoms with van der Waals surface area (Å²) in [6.45, 7) is 5.94. The highest BCUT2D eigenvalue weighted by Gasteiger charge is 2.22. The molecule has 0 radical (unpaired) electrons. The van der Waals surface area contributed by atoms with Crippen molar-refractivity contribution in [3.05, 3.63) is 36.0 Å². The van der Waals surface area contributed by atoms with Crippen molar-refractivity contribution in [3.63, 3.8) is 0 Å². The lowest BCUT2D eigenvalue weighted by molar-refractivity contribution is 0.220. The first kappa shape index (κ1) is 17.2. The predicted molar refractivity (Wildman–Crippen MR) is 90.6 cm³/mol. The van der Waals surface area contributed by atoms with Gasteiger partial charge in [0.1, 0.15) is 0 Å². The minimum absolute atomic E-state index is 0.405. The van der Waals surface area contributed by atoms with E-state index < -0.39 is 7.60 Å². The van der Waals surface area contributed by atoms with E-state index in [0.29, 0.717) is 25.9 Å². The normalized spacial score (nSPS) is 12.1. The highest BCUT2D eigenvalue weighted by Crippen LogP contribution is 2.47. The van der Waals surface area contributed by atoms with Gasteiger partial charge in [0.25, 0.3) is 0 Å². The Bertz CT molecular complexity index is 617. The zero-order valence-electron chi connectivity index (χ0n) is 13.3. The first-order valence-electron chi connectivity index (χ1n) is 7.82. The molecule has 0 aliphatic rings. The van der Waals surface area contributed by atoms with Gasteiger partial charge < -0.3 is 19.3 Å². The van der Waals surface area contributed by atoms with Crippen LogP contribution in [0.2, 0.25) is 0 Å². The van der Waals surface area contributed by atoms with Gasteiger partial charge in [-0.1, -0.05) is 18.2 Å². The van der Waals surface area contributed by atoms with E-state index >= 15 is 0 Å². The quantitative estimate of drug-likeness (QED) is 0.518. The smallest absolute Gasteiger partial charge is 0.331 e. The van der Waals surface area contributed by atoms with Crippen LogP contribution in [0.5, 0.6) is 0 Å². The fourth-order valence-electron chi connectivity index (χ4n) is 2.46. The van der Waals surface area contributed by atoms with Gasteiger partial charge in [-0.3, -0.25) is 4.57 Å². The third kappa shape index (κ3) is 4.68. The number of rotatable bonds is 10. The van der Waals surface area contributed by atoms with E-state index in [1.165, 1.54) is 10.9 Å². The van der Waals surface area contributed by atoms with Crippen molar-refractivity contribution in [1.29, 1.82) is 0 Å². The average molecular weight is 324 g/mol. The Morgan fingerprint density at radius 2 is 1.86 bits per heavy atom. The third-order valence-electron chi connectivity index (χ3n) is 3.46. The zero-order chi connectivity index (χ0) is 15.8. The van der Waals surface area contributed by atoms with Crippen LogP contribution in [0, 0.1) is 0 Å². The van der Waals surface area contributed by atoms with Gasteiger partial charge in [0, 0.05) is 23.6 Å². The molecule has 1 heterocycles. The van der Waals surface area contributed by atoms with E-state index in [2.05, 4.69) is 28.6 Å². The molecule has 22 heavy (non-hydrogen) atoms. The molecule has 2 rings (SSSR count). The summed E-state index contributed by atoms with van der Waals surface area (Å²) in [4.78, 5) is 3.27. The highest BCUT2D eigenvalue weighted by molar-refractivity contribution is 7.53. The zero-order valence-corrected chi connectivity index (χ0v) is 14.2. The fourth-order valence-corrected chi connectivity index (χ4v) is 4.01. The van der Waals surface area contributed by atoms with E-state index in [1.807, 2.05) is 26.0 Å². The summed E-state index contributed by atoms with van der Waals surface area (Å²) in [5, 5.41) is 4.58. The molecule has 0 saturated carbocycles. The lowest BCUT2D eigenvalue weighted by atomic mass is 10.1. The number of hydrogen-bond acceptors (Lipinski definition) is 4. The maximum Gasteiger partial charge on any atom is 0.331 e. The molecule has 0 amide bonds. The maximum absolute atomic E-state index is 12.3. The fraction of sp³-hybridized carbons (Fsp3) is 0.500. The highest BCUT2D eigenvalue weighted by atomic mass is 31.2. The van der Waals surface area contributed by atoms with E-state index in [9.17, 15) is 4.57 Å². The molecule has 0 spiro atoms. The first-order valence-corrected chi connectivity index (χ1v) is 9.55. The molecule has 0 unspecified atom stereocenters. The van der Waals surface area contributed by atoms with Crippen molar-refractivity contribution in [2.75, 3.05) is 32.5 Å². The van der Waals surface area contributed by atoms with Crippen molar-refractivity contribution in [2.45, 2.75) is 20.3 Å². The molecule has 6 heteroatoms. The molecule has 2 aromatic rings. The second-order valence-corrected chi connectivity index (χ2v) is 7.21. The van der Waals surface area contributed by atoms with Crippen molar-refractivity contribution in [3.8, 4) is 0 Å². The first-order chi connectivity index (χ1) is 10.7. The maximum atomic E-state index is 12.3. The Hall–Kier alpha value is -1.13. The molecule has 0 bridgehead atoms. The second kappa shape index (κ2) is 8.49. The average Bonchev–Trinajstić information content (AvgIpc) is 2.91. The van der Waals surface area contributed by atoms with Crippen molar-refractivity contribution >= 4 is 18.5 Å². The van der Waals surface area contributed by atoms with E-state index in [0.717, 1.165) is 18.5 Å². The van der Waals surface area contributed by atoms with Crippen LogP contribution in [0.25, 0.3) is 10.9 Å². The molecule has 2 N–H and O–H groups in total. The molecule has 1 aromatic heterocycles. The summed E-state index contributed by atoms with van der Waals surface area (Å²) in [6, 6.07) is 8.28. The third-order valence-corrected chi connectivity index (χ3v) is 5.53. The minimum Gasteiger partial charge on any atom is -0.361 e. The lowest BCUT2D eigenvalue weighted by Crippen LogP contribution is -2.22. The molecule has 1 aromatic carbocycles. The van der Waals surface area contributed by atoms with Crippen LogP contribution in [0.15, 0.2) is 30.5 Å². The number of aromatic nitrogens is 1. The number of H-pyrrole nitrogens is 1. The largest absolute Gasteiger partial charge is 0.361 e. The molecule has 0 saturated heterocycles. The number of nitrogens with one attached hydrogen (secondary N) is 2. The van der Waals surface area contributed by atoms with Gasteiger partial charge >= 0.3 is 7.60 Å². The van der Waals surface area contributed by atoms with Crippen LogP contribution in [0.4, 0.5) is 0 Å². The second-order valence-electron chi connectivity index (χ2n) is 5.03. The van der Waals surface area contributed by atoms with Crippen LogP contribution in [0.1, 0.15) is 19.4 Å². The van der Waals surface area contributed by atoms with Gasteiger partial charge in [0.15, 0.2) is 0 Å². The number of fused-ring (bicyclic) bond motifs is 1. The summed E-state index contributed by atoms with van der Waals surface area (Å²) in [5.41, 5.74) is 2.45. The molecule has 0 fully saturated rings. The van der Waals surface area contributed by atoms with Gasteiger partial charge in [0.2, 0.25) is 0 Å². The van der Waals surface area contributed by atoms with Crippen LogP contribution >= 0.6 is 7.60 Å². The summed E-state index contributed by atoms with van der Waals surface area (Å²) >= 11 is 0. The predicted octanol–water partition coefficient (Wildman–Crippen LogP) is 3.57. The summed E-state index contributed by atoms with van der Waals surface area (Å²) in [6.07, 6.45) is 3.39. The van der Waals surface area contributed by atoms with E-state index in [-0.39, 0.29) is 0 Å². The molecular weight excluding hydrogens is 299 g/mol. The van der Waals surface area contributed by atoms with Crippen molar-refractivity contribution < 1.29 is 13.6 Å². The van der Waals surface area contributed by atoms with E-state index in [1.54, 1.807) is 0 Å². The lowest BCUT2D eigenvalue weighted by Gasteiger charge is -2.17. The van der Waals surface area contributed by atoms with Crippen LogP contribution in [-0.4, -0.2) is 37.4 Å². The summed E-state index contributed by atoms with van der Waals surface area (Å²) in [5.74, 6) is 0. The Morgan fingerprint density at radius 3 is 2.59 bits per heavy atom. The SMILES string of the molecule is CCOP(=O)(CCNCCc1c[nH]c2ccccc12)OCC. The minimum atomic E-state index is -2.93.